The van der Waals surface area contributed by atoms with Gasteiger partial charge in [-0.1, -0.05) is 19.8 Å². The molecule has 0 fully saturated rings. The van der Waals surface area contributed by atoms with E-state index in [0.29, 0.717) is 6.42 Å². The highest BCUT2D eigenvalue weighted by molar-refractivity contribution is 7.89. The summed E-state index contributed by atoms with van der Waals surface area (Å²) < 4.78 is 36.0. The number of furan rings is 1. The zero-order valence-electron chi connectivity index (χ0n) is 12.0. The van der Waals surface area contributed by atoms with Gasteiger partial charge >= 0.3 is 5.97 Å². The summed E-state index contributed by atoms with van der Waals surface area (Å²) in [5, 5.41) is -0.326. The van der Waals surface area contributed by atoms with Gasteiger partial charge in [-0.05, 0) is 6.42 Å². The highest BCUT2D eigenvalue weighted by Crippen LogP contribution is 2.15. The van der Waals surface area contributed by atoms with Crippen LogP contribution < -0.4 is 10.5 Å². The third kappa shape index (κ3) is 5.66. The lowest BCUT2D eigenvalue weighted by Crippen LogP contribution is -2.39. The van der Waals surface area contributed by atoms with Gasteiger partial charge in [-0.3, -0.25) is 0 Å². The molecule has 1 aromatic rings. The summed E-state index contributed by atoms with van der Waals surface area (Å²) in [6.07, 6.45) is 3.52. The van der Waals surface area contributed by atoms with Crippen molar-refractivity contribution in [1.82, 2.24) is 4.72 Å². The zero-order chi connectivity index (χ0) is 15.2. The summed E-state index contributed by atoms with van der Waals surface area (Å²) in [5.74, 6) is -0.656. The topological polar surface area (TPSA) is 112 Å². The van der Waals surface area contributed by atoms with E-state index in [0.717, 1.165) is 25.2 Å². The average Bonchev–Trinajstić information content (AvgIpc) is 2.93. The lowest BCUT2D eigenvalue weighted by Gasteiger charge is -2.15. The van der Waals surface area contributed by atoms with Crippen molar-refractivity contribution in [3.63, 3.8) is 0 Å². The van der Waals surface area contributed by atoms with Crippen molar-refractivity contribution < 1.29 is 22.4 Å². The first-order valence-corrected chi connectivity index (χ1v) is 7.82. The van der Waals surface area contributed by atoms with Crippen LogP contribution in [0.25, 0.3) is 0 Å². The fourth-order valence-electron chi connectivity index (χ4n) is 1.64. The summed E-state index contributed by atoms with van der Waals surface area (Å²) in [6, 6.07) is 0.772. The fraction of sp³-hybridized carbons (Fsp3) is 0.583. The summed E-state index contributed by atoms with van der Waals surface area (Å²) in [6.45, 7) is 2.21. The molecule has 1 rings (SSSR count). The minimum absolute atomic E-state index is 0. The summed E-state index contributed by atoms with van der Waals surface area (Å²) in [7, 11) is -2.62. The number of nitrogens with two attached hydrogens (primary N) is 1. The molecule has 9 heteroatoms. The molecular weight excluding hydrogens is 320 g/mol. The number of methoxy groups -OCH3 is 1. The van der Waals surface area contributed by atoms with E-state index in [1.165, 1.54) is 7.11 Å². The lowest BCUT2D eigenvalue weighted by molar-refractivity contribution is 0.0600. The van der Waals surface area contributed by atoms with Gasteiger partial charge in [0.25, 0.3) is 10.0 Å². The molecule has 0 amide bonds. The molecule has 0 bridgehead atoms. The van der Waals surface area contributed by atoms with E-state index in [1.54, 1.807) is 0 Å². The number of sulfonamides is 1. The Morgan fingerprint density at radius 2 is 2.19 bits per heavy atom. The van der Waals surface area contributed by atoms with Crippen molar-refractivity contribution in [1.29, 1.82) is 0 Å². The van der Waals surface area contributed by atoms with E-state index in [-0.39, 0.29) is 35.6 Å². The van der Waals surface area contributed by atoms with E-state index in [4.69, 9.17) is 10.2 Å². The summed E-state index contributed by atoms with van der Waals surface area (Å²) >= 11 is 0. The van der Waals surface area contributed by atoms with Crippen LogP contribution in [0.3, 0.4) is 0 Å². The second-order valence-corrected chi connectivity index (χ2v) is 5.99. The molecule has 122 valence electrons. The fourth-order valence-corrected chi connectivity index (χ4v) is 2.86. The Bertz CT molecular complexity index is 544. The van der Waals surface area contributed by atoms with Gasteiger partial charge in [-0.25, -0.2) is 17.9 Å². The number of hydrogen-bond acceptors (Lipinski definition) is 6. The predicted molar refractivity (Wildman–Crippen MR) is 80.0 cm³/mol. The molecule has 0 aliphatic heterocycles. The van der Waals surface area contributed by atoms with Gasteiger partial charge in [0.2, 0.25) is 5.09 Å². The number of halogens is 1. The van der Waals surface area contributed by atoms with Crippen LogP contribution in [0, 0.1) is 0 Å². The molecule has 0 saturated heterocycles. The SMILES string of the molecule is CCCCC(CN)NS(=O)(=O)c1cc(C(=O)OC)co1.Cl. The molecule has 0 saturated carbocycles. The molecule has 7 nitrogen and oxygen atoms in total. The number of ether oxygens (including phenoxy) is 1. The van der Waals surface area contributed by atoms with Crippen molar-refractivity contribution in [2.75, 3.05) is 13.7 Å². The number of rotatable bonds is 8. The van der Waals surface area contributed by atoms with E-state index >= 15 is 0 Å². The smallest absolute Gasteiger partial charge is 0.341 e. The number of hydrogen-bond donors (Lipinski definition) is 2. The van der Waals surface area contributed by atoms with Crippen LogP contribution in [-0.2, 0) is 14.8 Å². The van der Waals surface area contributed by atoms with Crippen LogP contribution >= 0.6 is 12.4 Å². The normalized spacial score (nSPS) is 12.5. The first-order valence-electron chi connectivity index (χ1n) is 6.33. The predicted octanol–water partition coefficient (Wildman–Crippen LogP) is 1.28. The minimum atomic E-state index is -3.83. The first-order chi connectivity index (χ1) is 9.44. The third-order valence-corrected chi connectivity index (χ3v) is 4.16. The van der Waals surface area contributed by atoms with Crippen molar-refractivity contribution in [2.24, 2.45) is 5.73 Å². The Morgan fingerprint density at radius 1 is 1.52 bits per heavy atom. The van der Waals surface area contributed by atoms with E-state index in [9.17, 15) is 13.2 Å². The molecule has 1 aromatic heterocycles. The molecule has 3 N–H and O–H groups in total. The van der Waals surface area contributed by atoms with Gasteiger partial charge in [0.15, 0.2) is 0 Å². The number of esters is 1. The Morgan fingerprint density at radius 3 is 2.71 bits per heavy atom. The van der Waals surface area contributed by atoms with Crippen molar-refractivity contribution in [3.05, 3.63) is 17.9 Å². The first kappa shape index (κ1) is 19.9. The van der Waals surface area contributed by atoms with Crippen molar-refractivity contribution in [3.8, 4) is 0 Å². The van der Waals surface area contributed by atoms with E-state index < -0.39 is 16.0 Å². The van der Waals surface area contributed by atoms with Gasteiger partial charge in [-0.15, -0.1) is 12.4 Å². The van der Waals surface area contributed by atoms with Crippen molar-refractivity contribution in [2.45, 2.75) is 37.3 Å². The van der Waals surface area contributed by atoms with Crippen LogP contribution in [0.15, 0.2) is 21.8 Å². The van der Waals surface area contributed by atoms with Gasteiger partial charge < -0.3 is 14.9 Å². The van der Waals surface area contributed by atoms with Gasteiger partial charge in [0, 0.05) is 18.7 Å². The zero-order valence-corrected chi connectivity index (χ0v) is 13.6. The second kappa shape index (κ2) is 9.04. The maximum absolute atomic E-state index is 12.1. The standard InChI is InChI=1S/C12H20N2O5S.ClH/c1-3-4-5-10(7-13)14-20(16,17)11-6-9(8-19-11)12(15)18-2;/h6,8,10,14H,3-5,7,13H2,1-2H3;1H. The van der Waals surface area contributed by atoms with Crippen LogP contribution in [0.5, 0.6) is 0 Å². The monoisotopic (exact) mass is 340 g/mol. The Hall–Kier alpha value is -1.09. The quantitative estimate of drug-likeness (QED) is 0.689. The highest BCUT2D eigenvalue weighted by atomic mass is 35.5. The van der Waals surface area contributed by atoms with E-state index in [2.05, 4.69) is 9.46 Å². The van der Waals surface area contributed by atoms with Gasteiger partial charge in [-0.2, -0.15) is 0 Å². The Balaban J connectivity index is 0.00000400. The second-order valence-electron chi connectivity index (χ2n) is 4.34. The highest BCUT2D eigenvalue weighted by Gasteiger charge is 2.24. The largest absolute Gasteiger partial charge is 0.465 e. The third-order valence-electron chi connectivity index (χ3n) is 2.77. The van der Waals surface area contributed by atoms with Crippen LogP contribution in [-0.4, -0.2) is 34.1 Å². The van der Waals surface area contributed by atoms with Crippen molar-refractivity contribution >= 4 is 28.4 Å². The van der Waals surface area contributed by atoms with E-state index in [1.807, 2.05) is 6.92 Å². The molecular formula is C12H21ClN2O5S. The molecule has 21 heavy (non-hydrogen) atoms. The van der Waals surface area contributed by atoms with Gasteiger partial charge in [0.1, 0.15) is 6.26 Å². The molecule has 0 aliphatic rings. The number of nitrogens with one attached hydrogen (secondary N) is 1. The maximum atomic E-state index is 12.1. The molecule has 0 spiro atoms. The van der Waals surface area contributed by atoms with Crippen LogP contribution in [0.2, 0.25) is 0 Å². The van der Waals surface area contributed by atoms with Crippen LogP contribution in [0.1, 0.15) is 36.5 Å². The molecule has 0 aliphatic carbocycles. The minimum Gasteiger partial charge on any atom is -0.465 e. The Labute approximate surface area is 130 Å². The Kier molecular flexibility index (Phi) is 8.57. The maximum Gasteiger partial charge on any atom is 0.341 e. The van der Waals surface area contributed by atoms with Gasteiger partial charge in [0.05, 0.1) is 12.7 Å². The number of unbranched alkanes of at least 4 members (excludes halogenated alkanes) is 1. The molecule has 1 unspecified atom stereocenters. The molecule has 0 radical (unpaired) electrons. The molecule has 1 atom stereocenters. The lowest BCUT2D eigenvalue weighted by atomic mass is 10.1. The number of carbonyl (C=O) groups is 1. The summed E-state index contributed by atoms with van der Waals surface area (Å²) in [4.78, 5) is 11.3. The molecule has 1 heterocycles. The number of carbonyl (C=O) groups excluding carboxylic acids is 1. The van der Waals surface area contributed by atoms with Crippen LogP contribution in [0.4, 0.5) is 0 Å². The average molecular weight is 341 g/mol. The molecule has 0 aromatic carbocycles. The summed E-state index contributed by atoms with van der Waals surface area (Å²) in [5.41, 5.74) is 5.59.